The largest absolute Gasteiger partial charge is 0.494 e. The molecule has 0 saturated heterocycles. The predicted molar refractivity (Wildman–Crippen MR) is 92.9 cm³/mol. The van der Waals surface area contributed by atoms with Gasteiger partial charge in [-0.05, 0) is 30.7 Å². The molecule has 0 aliphatic carbocycles. The van der Waals surface area contributed by atoms with Crippen LogP contribution >= 0.6 is 11.8 Å². The molecule has 1 atom stereocenters. The van der Waals surface area contributed by atoms with Crippen molar-refractivity contribution < 1.29 is 14.2 Å². The molecule has 4 nitrogen and oxygen atoms in total. The summed E-state index contributed by atoms with van der Waals surface area (Å²) >= 11 is 1.43. The van der Waals surface area contributed by atoms with E-state index in [4.69, 9.17) is 4.74 Å². The quantitative estimate of drug-likeness (QED) is 0.562. The summed E-state index contributed by atoms with van der Waals surface area (Å²) in [5.74, 6) is 0.728. The predicted octanol–water partition coefficient (Wildman–Crippen LogP) is 3.91. The van der Waals surface area contributed by atoms with Gasteiger partial charge in [-0.25, -0.2) is 14.4 Å². The molecular formula is C18H17FN2O2S. The fourth-order valence-corrected chi connectivity index (χ4v) is 3.45. The summed E-state index contributed by atoms with van der Waals surface area (Å²) in [7, 11) is 1.41. The summed E-state index contributed by atoms with van der Waals surface area (Å²) in [6, 6.07) is 12.2. The molecule has 6 heteroatoms. The maximum atomic E-state index is 13.8. The molecule has 0 saturated carbocycles. The summed E-state index contributed by atoms with van der Waals surface area (Å²) in [5.41, 5.74) is 1.38. The lowest BCUT2D eigenvalue weighted by Gasteiger charge is -2.13. The Kier molecular flexibility index (Phi) is 4.97. The number of rotatable bonds is 5. The van der Waals surface area contributed by atoms with E-state index in [1.54, 1.807) is 6.07 Å². The van der Waals surface area contributed by atoms with Crippen molar-refractivity contribution in [3.8, 4) is 5.75 Å². The smallest absolute Gasteiger partial charge is 0.165 e. The molecule has 3 aromatic rings. The highest BCUT2D eigenvalue weighted by atomic mass is 32.2. The van der Waals surface area contributed by atoms with Crippen molar-refractivity contribution >= 4 is 22.7 Å². The van der Waals surface area contributed by atoms with E-state index in [0.29, 0.717) is 17.1 Å². The maximum absolute atomic E-state index is 13.8. The molecule has 3 rings (SSSR count). The number of halogens is 1. The van der Waals surface area contributed by atoms with Crippen LogP contribution in [0.5, 0.6) is 5.75 Å². The Balaban J connectivity index is 1.79. The minimum atomic E-state index is -0.801. The van der Waals surface area contributed by atoms with Crippen LogP contribution < -0.4 is 4.74 Å². The fourth-order valence-electron chi connectivity index (χ4n) is 2.41. The SMILES string of the molecule is COc1ccc(C(O)CSc2nc(C)nc3ccccc23)cc1F. The Morgan fingerprint density at radius 2 is 2.00 bits per heavy atom. The van der Waals surface area contributed by atoms with Crippen molar-refractivity contribution in [2.75, 3.05) is 12.9 Å². The monoisotopic (exact) mass is 344 g/mol. The third-order valence-electron chi connectivity index (χ3n) is 3.62. The number of thioether (sulfide) groups is 1. The topological polar surface area (TPSA) is 55.2 Å². The van der Waals surface area contributed by atoms with Crippen molar-refractivity contribution in [1.82, 2.24) is 9.97 Å². The first-order valence-corrected chi connectivity index (χ1v) is 8.44. The number of nitrogens with zero attached hydrogens (tertiary/aromatic N) is 2. The number of hydrogen-bond acceptors (Lipinski definition) is 5. The number of aryl methyl sites for hydroxylation is 1. The van der Waals surface area contributed by atoms with Crippen molar-refractivity contribution in [3.63, 3.8) is 0 Å². The van der Waals surface area contributed by atoms with Gasteiger partial charge in [0.2, 0.25) is 0 Å². The first kappa shape index (κ1) is 16.7. The third-order valence-corrected chi connectivity index (χ3v) is 4.69. The molecule has 0 aliphatic rings. The van der Waals surface area contributed by atoms with Crippen LogP contribution in [0.25, 0.3) is 10.9 Å². The highest BCUT2D eigenvalue weighted by Gasteiger charge is 2.14. The lowest BCUT2D eigenvalue weighted by Crippen LogP contribution is -2.03. The first-order chi connectivity index (χ1) is 11.6. The molecule has 1 heterocycles. The van der Waals surface area contributed by atoms with Crippen LogP contribution in [-0.2, 0) is 0 Å². The number of aromatic nitrogens is 2. The Hall–Kier alpha value is -2.18. The molecule has 0 aliphatic heterocycles. The molecule has 0 radical (unpaired) electrons. The van der Waals surface area contributed by atoms with Crippen LogP contribution in [-0.4, -0.2) is 27.9 Å². The highest BCUT2D eigenvalue weighted by Crippen LogP contribution is 2.30. The molecule has 1 aromatic heterocycles. The Labute approximate surface area is 143 Å². The normalized spacial score (nSPS) is 12.3. The summed E-state index contributed by atoms with van der Waals surface area (Å²) in [6.45, 7) is 1.84. The van der Waals surface area contributed by atoms with E-state index >= 15 is 0 Å². The van der Waals surface area contributed by atoms with Crippen LogP contribution in [0.1, 0.15) is 17.5 Å². The average molecular weight is 344 g/mol. The van der Waals surface area contributed by atoms with E-state index in [0.717, 1.165) is 15.9 Å². The van der Waals surface area contributed by atoms with Gasteiger partial charge in [-0.3, -0.25) is 0 Å². The van der Waals surface area contributed by atoms with Gasteiger partial charge in [0.15, 0.2) is 11.6 Å². The number of hydrogen-bond donors (Lipinski definition) is 1. The summed E-state index contributed by atoms with van der Waals surface area (Å²) < 4.78 is 18.7. The molecule has 1 N–H and O–H groups in total. The standard InChI is InChI=1S/C18H17FN2O2S/c1-11-20-15-6-4-3-5-13(15)18(21-11)24-10-16(22)12-7-8-17(23-2)14(19)9-12/h3-9,16,22H,10H2,1-2H3. The van der Waals surface area contributed by atoms with Gasteiger partial charge in [0.1, 0.15) is 10.9 Å². The minimum Gasteiger partial charge on any atom is -0.494 e. The van der Waals surface area contributed by atoms with Crippen molar-refractivity contribution in [2.45, 2.75) is 18.1 Å². The first-order valence-electron chi connectivity index (χ1n) is 7.46. The van der Waals surface area contributed by atoms with Gasteiger partial charge in [0, 0.05) is 11.1 Å². The summed E-state index contributed by atoms with van der Waals surface area (Å²) in [6.07, 6.45) is -0.801. The molecule has 124 valence electrons. The van der Waals surface area contributed by atoms with Gasteiger partial charge in [0.05, 0.1) is 18.7 Å². The van der Waals surface area contributed by atoms with Crippen LogP contribution in [0.2, 0.25) is 0 Å². The molecule has 1 unspecified atom stereocenters. The third kappa shape index (κ3) is 3.49. The summed E-state index contributed by atoms with van der Waals surface area (Å²) in [4.78, 5) is 8.86. The number of methoxy groups -OCH3 is 1. The highest BCUT2D eigenvalue weighted by molar-refractivity contribution is 7.99. The molecule has 2 aromatic carbocycles. The average Bonchev–Trinajstić information content (AvgIpc) is 2.59. The zero-order valence-electron chi connectivity index (χ0n) is 13.4. The van der Waals surface area contributed by atoms with Gasteiger partial charge in [0.25, 0.3) is 0 Å². The number of benzene rings is 2. The van der Waals surface area contributed by atoms with E-state index in [9.17, 15) is 9.50 Å². The lowest BCUT2D eigenvalue weighted by molar-refractivity contribution is 0.203. The van der Waals surface area contributed by atoms with Gasteiger partial charge in [-0.1, -0.05) is 24.3 Å². The molecular weight excluding hydrogens is 327 g/mol. The molecule has 0 spiro atoms. The summed E-state index contributed by atoms with van der Waals surface area (Å²) in [5, 5.41) is 12.1. The number of aliphatic hydroxyl groups excluding tert-OH is 1. The van der Waals surface area contributed by atoms with E-state index in [1.165, 1.54) is 31.0 Å². The number of aliphatic hydroxyl groups is 1. The van der Waals surface area contributed by atoms with E-state index < -0.39 is 11.9 Å². The second kappa shape index (κ2) is 7.15. The minimum absolute atomic E-state index is 0.163. The Morgan fingerprint density at radius 1 is 1.21 bits per heavy atom. The van der Waals surface area contributed by atoms with Crippen LogP contribution in [0, 0.1) is 12.7 Å². The molecule has 0 fully saturated rings. The van der Waals surface area contributed by atoms with Crippen LogP contribution in [0.3, 0.4) is 0 Å². The zero-order valence-corrected chi connectivity index (χ0v) is 14.2. The Morgan fingerprint density at radius 3 is 2.75 bits per heavy atom. The molecule has 0 bridgehead atoms. The van der Waals surface area contributed by atoms with Crippen LogP contribution in [0.15, 0.2) is 47.5 Å². The Bertz CT molecular complexity index is 873. The van der Waals surface area contributed by atoms with Gasteiger partial charge in [-0.15, -0.1) is 11.8 Å². The van der Waals surface area contributed by atoms with Crippen LogP contribution in [0.4, 0.5) is 4.39 Å². The maximum Gasteiger partial charge on any atom is 0.165 e. The van der Waals surface area contributed by atoms with Gasteiger partial charge in [-0.2, -0.15) is 0 Å². The zero-order chi connectivity index (χ0) is 17.1. The van der Waals surface area contributed by atoms with Crippen molar-refractivity contribution in [2.24, 2.45) is 0 Å². The lowest BCUT2D eigenvalue weighted by atomic mass is 10.1. The van der Waals surface area contributed by atoms with Crippen molar-refractivity contribution in [3.05, 3.63) is 59.7 Å². The molecule has 24 heavy (non-hydrogen) atoms. The number of fused-ring (bicyclic) bond motifs is 1. The van der Waals surface area contributed by atoms with E-state index in [-0.39, 0.29) is 5.75 Å². The van der Waals surface area contributed by atoms with Gasteiger partial charge >= 0.3 is 0 Å². The number of ether oxygens (including phenoxy) is 1. The second-order valence-electron chi connectivity index (χ2n) is 5.31. The molecule has 0 amide bonds. The second-order valence-corrected chi connectivity index (χ2v) is 6.32. The van der Waals surface area contributed by atoms with E-state index in [2.05, 4.69) is 9.97 Å². The number of para-hydroxylation sites is 1. The van der Waals surface area contributed by atoms with Crippen molar-refractivity contribution in [1.29, 1.82) is 0 Å². The fraction of sp³-hybridized carbons (Fsp3) is 0.222. The van der Waals surface area contributed by atoms with Gasteiger partial charge < -0.3 is 9.84 Å². The van der Waals surface area contributed by atoms with E-state index in [1.807, 2.05) is 31.2 Å².